The number of piperazine rings is 1. The number of nitrogen functional groups attached to an aromatic ring is 1. The van der Waals surface area contributed by atoms with E-state index in [1.807, 2.05) is 24.0 Å². The molecule has 2 aromatic heterocycles. The SMILES string of the molecule is Cc1c(/C=C/CN2CCN(c3cc(F)cc(F)c3)CC2)cnn1-c1cc(=O)[nH]c(N)n1. The number of H-pyrrole nitrogens is 1. The first-order valence-corrected chi connectivity index (χ1v) is 9.91. The summed E-state index contributed by atoms with van der Waals surface area (Å²) in [5, 5.41) is 4.30. The summed E-state index contributed by atoms with van der Waals surface area (Å²) in [6.07, 6.45) is 5.73. The Hall–Kier alpha value is -3.53. The molecule has 0 radical (unpaired) electrons. The lowest BCUT2D eigenvalue weighted by molar-refractivity contribution is 0.284. The third kappa shape index (κ3) is 4.80. The zero-order valence-electron chi connectivity index (χ0n) is 17.1. The Morgan fingerprint density at radius 3 is 2.52 bits per heavy atom. The Morgan fingerprint density at radius 1 is 1.13 bits per heavy atom. The average Bonchev–Trinajstić information content (AvgIpc) is 3.07. The third-order valence-corrected chi connectivity index (χ3v) is 5.26. The number of halogens is 2. The molecule has 0 bridgehead atoms. The van der Waals surface area contributed by atoms with Crippen molar-refractivity contribution in [3.63, 3.8) is 0 Å². The van der Waals surface area contributed by atoms with Crippen molar-refractivity contribution < 1.29 is 8.78 Å². The Labute approximate surface area is 177 Å². The van der Waals surface area contributed by atoms with Crippen LogP contribution in [0.2, 0.25) is 0 Å². The molecular formula is C21H23F2N7O. The standard InChI is InChI=1S/C21H23F2N7O/c1-14-15(13-25-30(14)19-12-20(31)27-21(24)26-19)3-2-4-28-5-7-29(8-6-28)18-10-16(22)9-17(23)11-18/h2-3,9-13H,4-8H2,1H3,(H3,24,26,27,31)/b3-2+. The summed E-state index contributed by atoms with van der Waals surface area (Å²) in [6.45, 7) is 5.61. The molecule has 0 unspecified atom stereocenters. The van der Waals surface area contributed by atoms with E-state index in [0.29, 0.717) is 24.6 Å². The van der Waals surface area contributed by atoms with E-state index in [1.165, 1.54) is 18.2 Å². The topological polar surface area (TPSA) is 96.1 Å². The smallest absolute Gasteiger partial charge is 0.254 e. The van der Waals surface area contributed by atoms with Gasteiger partial charge in [0.25, 0.3) is 5.56 Å². The van der Waals surface area contributed by atoms with E-state index < -0.39 is 11.6 Å². The van der Waals surface area contributed by atoms with E-state index in [0.717, 1.165) is 37.0 Å². The molecule has 1 aliphatic heterocycles. The lowest BCUT2D eigenvalue weighted by atomic mass is 10.2. The Morgan fingerprint density at radius 2 is 1.84 bits per heavy atom. The average molecular weight is 427 g/mol. The van der Waals surface area contributed by atoms with Gasteiger partial charge in [0, 0.05) is 56.1 Å². The highest BCUT2D eigenvalue weighted by atomic mass is 19.1. The van der Waals surface area contributed by atoms with E-state index in [1.54, 1.807) is 10.9 Å². The number of nitrogens with one attached hydrogen (secondary N) is 1. The number of rotatable bonds is 5. The maximum Gasteiger partial charge on any atom is 0.254 e. The number of aromatic nitrogens is 4. The molecule has 8 nitrogen and oxygen atoms in total. The first-order valence-electron chi connectivity index (χ1n) is 9.91. The van der Waals surface area contributed by atoms with E-state index in [2.05, 4.69) is 20.0 Å². The highest BCUT2D eigenvalue weighted by Gasteiger charge is 2.17. The van der Waals surface area contributed by atoms with Crippen LogP contribution in [-0.2, 0) is 0 Å². The lowest BCUT2D eigenvalue weighted by Gasteiger charge is -2.35. The first kappa shape index (κ1) is 20.7. The van der Waals surface area contributed by atoms with Gasteiger partial charge in [-0.15, -0.1) is 0 Å². The maximum atomic E-state index is 13.4. The second-order valence-corrected chi connectivity index (χ2v) is 7.40. The van der Waals surface area contributed by atoms with E-state index >= 15 is 0 Å². The molecule has 0 atom stereocenters. The fourth-order valence-corrected chi connectivity index (χ4v) is 3.63. The van der Waals surface area contributed by atoms with E-state index in [-0.39, 0.29) is 11.5 Å². The molecular weight excluding hydrogens is 404 g/mol. The van der Waals surface area contributed by atoms with Gasteiger partial charge in [0.1, 0.15) is 11.6 Å². The van der Waals surface area contributed by atoms with Crippen LogP contribution in [0, 0.1) is 18.6 Å². The van der Waals surface area contributed by atoms with Crippen molar-refractivity contribution in [3.05, 3.63) is 69.8 Å². The summed E-state index contributed by atoms with van der Waals surface area (Å²) in [6, 6.07) is 4.95. The van der Waals surface area contributed by atoms with Crippen LogP contribution in [0.5, 0.6) is 0 Å². The molecule has 162 valence electrons. The highest BCUT2D eigenvalue weighted by Crippen LogP contribution is 2.20. The van der Waals surface area contributed by atoms with Gasteiger partial charge < -0.3 is 10.6 Å². The normalized spacial score (nSPS) is 15.1. The van der Waals surface area contributed by atoms with Crippen molar-refractivity contribution in [2.24, 2.45) is 0 Å². The molecule has 4 rings (SSSR count). The molecule has 3 aromatic rings. The van der Waals surface area contributed by atoms with Gasteiger partial charge >= 0.3 is 0 Å². The quantitative estimate of drug-likeness (QED) is 0.646. The molecule has 1 aliphatic rings. The first-order chi connectivity index (χ1) is 14.9. The molecule has 1 saturated heterocycles. The predicted octanol–water partition coefficient (Wildman–Crippen LogP) is 1.96. The van der Waals surface area contributed by atoms with Crippen LogP contribution in [0.25, 0.3) is 11.9 Å². The second kappa shape index (κ2) is 8.68. The number of hydrogen-bond acceptors (Lipinski definition) is 6. The molecule has 1 aromatic carbocycles. The van der Waals surface area contributed by atoms with Crippen molar-refractivity contribution in [1.29, 1.82) is 0 Å². The van der Waals surface area contributed by atoms with Crippen molar-refractivity contribution in [3.8, 4) is 5.82 Å². The van der Waals surface area contributed by atoms with Crippen LogP contribution in [0.3, 0.4) is 0 Å². The molecule has 3 heterocycles. The number of hydrogen-bond donors (Lipinski definition) is 2. The fraction of sp³-hybridized carbons (Fsp3) is 0.286. The van der Waals surface area contributed by atoms with Crippen LogP contribution in [0.4, 0.5) is 20.4 Å². The zero-order valence-corrected chi connectivity index (χ0v) is 17.1. The summed E-state index contributed by atoms with van der Waals surface area (Å²) >= 11 is 0. The van der Waals surface area contributed by atoms with Gasteiger partial charge in [0.05, 0.1) is 11.9 Å². The van der Waals surface area contributed by atoms with Gasteiger partial charge in [-0.05, 0) is 19.1 Å². The zero-order chi connectivity index (χ0) is 22.0. The van der Waals surface area contributed by atoms with Crippen LogP contribution >= 0.6 is 0 Å². The Kier molecular flexibility index (Phi) is 5.81. The van der Waals surface area contributed by atoms with Crippen molar-refractivity contribution in [2.75, 3.05) is 43.4 Å². The molecule has 0 aliphatic carbocycles. The van der Waals surface area contributed by atoms with Crippen LogP contribution < -0.4 is 16.2 Å². The lowest BCUT2D eigenvalue weighted by Crippen LogP contribution is -2.46. The highest BCUT2D eigenvalue weighted by molar-refractivity contribution is 5.52. The molecule has 0 spiro atoms. The number of nitrogens with zero attached hydrogens (tertiary/aromatic N) is 5. The largest absolute Gasteiger partial charge is 0.369 e. The molecule has 31 heavy (non-hydrogen) atoms. The summed E-state index contributed by atoms with van der Waals surface area (Å²) in [7, 11) is 0. The number of aromatic amines is 1. The Bertz CT molecular complexity index is 1140. The van der Waals surface area contributed by atoms with E-state index in [9.17, 15) is 13.6 Å². The summed E-state index contributed by atoms with van der Waals surface area (Å²) < 4.78 is 28.5. The van der Waals surface area contributed by atoms with E-state index in [4.69, 9.17) is 5.73 Å². The van der Waals surface area contributed by atoms with Gasteiger partial charge in [-0.1, -0.05) is 12.2 Å². The number of anilines is 2. The second-order valence-electron chi connectivity index (χ2n) is 7.40. The molecule has 0 amide bonds. The minimum absolute atomic E-state index is 0.0367. The summed E-state index contributed by atoms with van der Waals surface area (Å²) in [4.78, 5) is 22.4. The molecule has 0 saturated carbocycles. The molecule has 3 N–H and O–H groups in total. The monoisotopic (exact) mass is 427 g/mol. The third-order valence-electron chi connectivity index (χ3n) is 5.26. The summed E-state index contributed by atoms with van der Waals surface area (Å²) in [5.41, 5.74) is 7.60. The van der Waals surface area contributed by atoms with Gasteiger partial charge in [0.2, 0.25) is 5.95 Å². The fourth-order valence-electron chi connectivity index (χ4n) is 3.63. The van der Waals surface area contributed by atoms with Crippen LogP contribution in [0.1, 0.15) is 11.3 Å². The minimum Gasteiger partial charge on any atom is -0.369 e. The maximum absolute atomic E-state index is 13.4. The number of benzene rings is 1. The van der Waals surface area contributed by atoms with Crippen LogP contribution in [0.15, 0.2) is 41.3 Å². The predicted molar refractivity (Wildman–Crippen MR) is 115 cm³/mol. The number of nitrogens with two attached hydrogens (primary N) is 1. The van der Waals surface area contributed by atoms with Gasteiger partial charge in [-0.3, -0.25) is 14.7 Å². The van der Waals surface area contributed by atoms with Crippen LogP contribution in [-0.4, -0.2) is 57.4 Å². The van der Waals surface area contributed by atoms with Crippen molar-refractivity contribution >= 4 is 17.7 Å². The Balaban J connectivity index is 1.36. The van der Waals surface area contributed by atoms with Gasteiger partial charge in [0.15, 0.2) is 5.82 Å². The molecule has 1 fully saturated rings. The molecule has 10 heteroatoms. The minimum atomic E-state index is -0.561. The summed E-state index contributed by atoms with van der Waals surface area (Å²) in [5.74, 6) is -0.721. The van der Waals surface area contributed by atoms with Gasteiger partial charge in [-0.2, -0.15) is 10.1 Å². The van der Waals surface area contributed by atoms with Gasteiger partial charge in [-0.25, -0.2) is 13.5 Å². The van der Waals surface area contributed by atoms with Crippen molar-refractivity contribution in [1.82, 2.24) is 24.6 Å². The van der Waals surface area contributed by atoms with Crippen molar-refractivity contribution in [2.45, 2.75) is 6.92 Å².